The van der Waals surface area contributed by atoms with Gasteiger partial charge in [0.1, 0.15) is 17.1 Å². The maximum atomic E-state index is 11.9. The number of hydrogen-bond acceptors (Lipinski definition) is 5. The van der Waals surface area contributed by atoms with E-state index in [1.807, 2.05) is 13.8 Å². The lowest BCUT2D eigenvalue weighted by Gasteiger charge is -2.23. The lowest BCUT2D eigenvalue weighted by atomic mass is 10.1. The average Bonchev–Trinajstić information content (AvgIpc) is 2.35. The number of carbonyl (C=O) groups is 1. The van der Waals surface area contributed by atoms with Crippen molar-refractivity contribution in [2.75, 3.05) is 6.61 Å². The minimum atomic E-state index is -0.588. The van der Waals surface area contributed by atoms with Crippen molar-refractivity contribution < 1.29 is 18.7 Å². The topological polar surface area (TPSA) is 77.8 Å². The molecule has 1 aromatic rings. The van der Waals surface area contributed by atoms with Crippen LogP contribution in [-0.4, -0.2) is 18.3 Å². The lowest BCUT2D eigenvalue weighted by molar-refractivity contribution is 0.0493. The molecule has 0 unspecified atom stereocenters. The van der Waals surface area contributed by atoms with Crippen LogP contribution >= 0.6 is 0 Å². The minimum Gasteiger partial charge on any atom is -0.493 e. The van der Waals surface area contributed by atoms with E-state index in [1.54, 1.807) is 26.8 Å². The van der Waals surface area contributed by atoms with Crippen molar-refractivity contribution in [1.82, 2.24) is 5.32 Å². The SMILES string of the molecule is CCC[C@@H](NC(=O)OC(C)(C)C)c1cc(OCC)cc(=O)o1. The second-order valence-electron chi connectivity index (χ2n) is 5.94. The van der Waals surface area contributed by atoms with Crippen LogP contribution in [0.15, 0.2) is 21.3 Å². The summed E-state index contributed by atoms with van der Waals surface area (Å²) in [6.45, 7) is 9.62. The van der Waals surface area contributed by atoms with Gasteiger partial charge in [0.15, 0.2) is 0 Å². The van der Waals surface area contributed by atoms with Gasteiger partial charge in [-0.15, -0.1) is 0 Å². The molecule has 6 heteroatoms. The molecule has 1 N–H and O–H groups in total. The summed E-state index contributed by atoms with van der Waals surface area (Å²) in [4.78, 5) is 23.5. The number of ether oxygens (including phenoxy) is 2. The Bertz CT molecular complexity index is 544. The van der Waals surface area contributed by atoms with Crippen LogP contribution in [0.4, 0.5) is 4.79 Å². The number of nitrogens with one attached hydrogen (secondary N) is 1. The van der Waals surface area contributed by atoms with Crippen LogP contribution in [0.25, 0.3) is 0 Å². The molecule has 0 saturated heterocycles. The first-order valence-corrected chi connectivity index (χ1v) is 7.52. The minimum absolute atomic E-state index is 0.364. The van der Waals surface area contributed by atoms with Gasteiger partial charge in [0, 0.05) is 6.07 Å². The molecule has 0 bridgehead atoms. The fourth-order valence-corrected chi connectivity index (χ4v) is 1.92. The van der Waals surface area contributed by atoms with Crippen LogP contribution in [0.3, 0.4) is 0 Å². The number of hydrogen-bond donors (Lipinski definition) is 1. The van der Waals surface area contributed by atoms with Crippen molar-refractivity contribution in [3.8, 4) is 5.75 Å². The van der Waals surface area contributed by atoms with Gasteiger partial charge in [0.05, 0.1) is 18.7 Å². The monoisotopic (exact) mass is 311 g/mol. The molecule has 0 spiro atoms. The predicted octanol–water partition coefficient (Wildman–Crippen LogP) is 3.40. The molecule has 1 heterocycles. The second-order valence-corrected chi connectivity index (χ2v) is 5.94. The Morgan fingerprint density at radius 3 is 2.55 bits per heavy atom. The normalized spacial score (nSPS) is 12.6. The first-order chi connectivity index (χ1) is 10.2. The van der Waals surface area contributed by atoms with Crippen LogP contribution in [-0.2, 0) is 4.74 Å². The summed E-state index contributed by atoms with van der Waals surface area (Å²) in [6.07, 6.45) is 0.885. The maximum absolute atomic E-state index is 11.9. The number of amides is 1. The molecular weight excluding hydrogens is 286 g/mol. The largest absolute Gasteiger partial charge is 0.493 e. The zero-order valence-electron chi connectivity index (χ0n) is 13.9. The highest BCUT2D eigenvalue weighted by Gasteiger charge is 2.22. The Morgan fingerprint density at radius 2 is 2.00 bits per heavy atom. The molecule has 1 amide bonds. The standard InChI is InChI=1S/C16H25NO5/c1-6-8-12(17-15(19)22-16(3,4)5)13-9-11(20-7-2)10-14(18)21-13/h9-10,12H,6-8H2,1-5H3,(H,17,19)/t12-/m1/s1. The Kier molecular flexibility index (Phi) is 6.46. The molecule has 6 nitrogen and oxygen atoms in total. The smallest absolute Gasteiger partial charge is 0.408 e. The third-order valence-electron chi connectivity index (χ3n) is 2.69. The van der Waals surface area contributed by atoms with E-state index in [1.165, 1.54) is 6.07 Å². The van der Waals surface area contributed by atoms with E-state index in [4.69, 9.17) is 13.9 Å². The van der Waals surface area contributed by atoms with Gasteiger partial charge in [0.25, 0.3) is 0 Å². The quantitative estimate of drug-likeness (QED) is 0.871. The van der Waals surface area contributed by atoms with Crippen molar-refractivity contribution in [3.05, 3.63) is 28.3 Å². The van der Waals surface area contributed by atoms with E-state index in [2.05, 4.69) is 5.32 Å². The summed E-state index contributed by atoms with van der Waals surface area (Å²) in [5.74, 6) is 0.796. The molecular formula is C16H25NO5. The van der Waals surface area contributed by atoms with Gasteiger partial charge < -0.3 is 19.2 Å². The second kappa shape index (κ2) is 7.87. The molecule has 1 aromatic heterocycles. The lowest BCUT2D eigenvalue weighted by Crippen LogP contribution is -2.35. The van der Waals surface area contributed by atoms with Crippen LogP contribution in [0.2, 0.25) is 0 Å². The summed E-state index contributed by atoms with van der Waals surface area (Å²) < 4.78 is 15.8. The van der Waals surface area contributed by atoms with Crippen molar-refractivity contribution in [2.24, 2.45) is 0 Å². The van der Waals surface area contributed by atoms with Crippen LogP contribution in [0.1, 0.15) is 59.3 Å². The molecule has 0 radical (unpaired) electrons. The van der Waals surface area contributed by atoms with Gasteiger partial charge in [-0.2, -0.15) is 0 Å². The van der Waals surface area contributed by atoms with Crippen molar-refractivity contribution in [2.45, 2.75) is 59.1 Å². The molecule has 0 aromatic carbocycles. The third kappa shape index (κ3) is 6.20. The van der Waals surface area contributed by atoms with E-state index in [0.29, 0.717) is 24.5 Å². The third-order valence-corrected chi connectivity index (χ3v) is 2.69. The molecule has 0 aliphatic carbocycles. The summed E-state index contributed by atoms with van der Waals surface area (Å²) >= 11 is 0. The average molecular weight is 311 g/mol. The van der Waals surface area contributed by atoms with E-state index in [9.17, 15) is 9.59 Å². The summed E-state index contributed by atoms with van der Waals surface area (Å²) in [6, 6.07) is 2.47. The van der Waals surface area contributed by atoms with E-state index in [-0.39, 0.29) is 0 Å². The molecule has 0 fully saturated rings. The fourth-order valence-electron chi connectivity index (χ4n) is 1.92. The predicted molar refractivity (Wildman–Crippen MR) is 83.2 cm³/mol. The Balaban J connectivity index is 2.95. The van der Waals surface area contributed by atoms with Gasteiger partial charge in [-0.25, -0.2) is 9.59 Å². The van der Waals surface area contributed by atoms with Gasteiger partial charge >= 0.3 is 11.7 Å². The Hall–Kier alpha value is -1.98. The molecule has 22 heavy (non-hydrogen) atoms. The Labute approximate surface area is 130 Å². The molecule has 1 atom stereocenters. The van der Waals surface area contributed by atoms with Crippen LogP contribution in [0.5, 0.6) is 5.75 Å². The van der Waals surface area contributed by atoms with Crippen LogP contribution < -0.4 is 15.7 Å². The van der Waals surface area contributed by atoms with Gasteiger partial charge in [-0.05, 0) is 34.1 Å². The first-order valence-electron chi connectivity index (χ1n) is 7.52. The Morgan fingerprint density at radius 1 is 1.32 bits per heavy atom. The van der Waals surface area contributed by atoms with Gasteiger partial charge in [0.2, 0.25) is 0 Å². The van der Waals surface area contributed by atoms with Crippen molar-refractivity contribution in [1.29, 1.82) is 0 Å². The number of carbonyl (C=O) groups excluding carboxylic acids is 1. The molecule has 1 rings (SSSR count). The molecule has 0 saturated carbocycles. The van der Waals surface area contributed by atoms with Gasteiger partial charge in [-0.3, -0.25) is 0 Å². The van der Waals surface area contributed by atoms with Crippen LogP contribution in [0, 0.1) is 0 Å². The van der Waals surface area contributed by atoms with Crippen molar-refractivity contribution >= 4 is 6.09 Å². The zero-order chi connectivity index (χ0) is 16.8. The highest BCUT2D eigenvalue weighted by Crippen LogP contribution is 2.22. The number of rotatable bonds is 6. The summed E-state index contributed by atoms with van der Waals surface area (Å²) in [5.41, 5.74) is -1.09. The molecule has 0 aliphatic rings. The summed E-state index contributed by atoms with van der Waals surface area (Å²) in [7, 11) is 0. The first kappa shape index (κ1) is 18.1. The van der Waals surface area contributed by atoms with E-state index >= 15 is 0 Å². The maximum Gasteiger partial charge on any atom is 0.408 e. The van der Waals surface area contributed by atoms with E-state index < -0.39 is 23.4 Å². The van der Waals surface area contributed by atoms with Gasteiger partial charge in [-0.1, -0.05) is 13.3 Å². The fraction of sp³-hybridized carbons (Fsp3) is 0.625. The zero-order valence-corrected chi connectivity index (χ0v) is 13.9. The highest BCUT2D eigenvalue weighted by atomic mass is 16.6. The number of alkyl carbamates (subject to hydrolysis) is 1. The molecule has 0 aliphatic heterocycles. The van der Waals surface area contributed by atoms with Crippen molar-refractivity contribution in [3.63, 3.8) is 0 Å². The molecule has 124 valence electrons. The highest BCUT2D eigenvalue weighted by molar-refractivity contribution is 5.68. The summed E-state index contributed by atoms with van der Waals surface area (Å²) in [5, 5.41) is 2.74. The van der Waals surface area contributed by atoms with E-state index in [0.717, 1.165) is 6.42 Å².